The zero-order chi connectivity index (χ0) is 13.0. The summed E-state index contributed by atoms with van der Waals surface area (Å²) < 4.78 is 0. The van der Waals surface area contributed by atoms with Crippen LogP contribution in [0, 0.1) is 5.92 Å². The highest BCUT2D eigenvalue weighted by molar-refractivity contribution is 6.34. The smallest absolute Gasteiger partial charge is 0.252 e. The zero-order valence-corrected chi connectivity index (χ0v) is 11.4. The topological polar surface area (TPSA) is 41.1 Å². The highest BCUT2D eigenvalue weighted by Crippen LogP contribution is 2.26. The Bertz CT molecular complexity index is 428. The van der Waals surface area contributed by atoms with Crippen LogP contribution in [-0.4, -0.2) is 19.5 Å². The maximum absolute atomic E-state index is 11.6. The third-order valence-electron chi connectivity index (χ3n) is 3.51. The van der Waals surface area contributed by atoms with Gasteiger partial charge >= 0.3 is 0 Å². The lowest BCUT2D eigenvalue weighted by Gasteiger charge is -2.13. The minimum Gasteiger partial charge on any atom is -0.385 e. The van der Waals surface area contributed by atoms with Gasteiger partial charge in [-0.3, -0.25) is 4.79 Å². The van der Waals surface area contributed by atoms with Gasteiger partial charge in [-0.1, -0.05) is 24.4 Å². The Morgan fingerprint density at radius 2 is 2.11 bits per heavy atom. The van der Waals surface area contributed by atoms with Gasteiger partial charge in [-0.25, -0.2) is 0 Å². The predicted molar refractivity (Wildman–Crippen MR) is 75.3 cm³/mol. The average Bonchev–Trinajstić information content (AvgIpc) is 2.90. The lowest BCUT2D eigenvalue weighted by molar-refractivity contribution is 0.0963. The number of amides is 1. The number of carbonyl (C=O) groups excluding carboxylic acids is 1. The maximum atomic E-state index is 11.6. The number of nitrogens with one attached hydrogen (secondary N) is 2. The highest BCUT2D eigenvalue weighted by Gasteiger charge is 2.15. The van der Waals surface area contributed by atoms with E-state index in [9.17, 15) is 4.79 Å². The van der Waals surface area contributed by atoms with Crippen LogP contribution in [0.5, 0.6) is 0 Å². The summed E-state index contributed by atoms with van der Waals surface area (Å²) in [6, 6.07) is 5.50. The van der Waals surface area contributed by atoms with Crippen molar-refractivity contribution in [3.63, 3.8) is 0 Å². The SMILES string of the molecule is CNC(=O)c1cc(NCC2CCCC2)ccc1Cl. The van der Waals surface area contributed by atoms with Crippen molar-refractivity contribution in [2.75, 3.05) is 18.9 Å². The van der Waals surface area contributed by atoms with E-state index >= 15 is 0 Å². The van der Waals surface area contributed by atoms with Crippen molar-refractivity contribution in [3.8, 4) is 0 Å². The molecule has 0 radical (unpaired) electrons. The van der Waals surface area contributed by atoms with Crippen LogP contribution in [0.15, 0.2) is 18.2 Å². The molecule has 98 valence electrons. The Morgan fingerprint density at radius 3 is 2.78 bits per heavy atom. The summed E-state index contributed by atoms with van der Waals surface area (Å²) in [5, 5.41) is 6.48. The molecule has 1 amide bonds. The van der Waals surface area contributed by atoms with Crippen molar-refractivity contribution in [2.45, 2.75) is 25.7 Å². The van der Waals surface area contributed by atoms with Crippen molar-refractivity contribution in [1.29, 1.82) is 0 Å². The molecule has 3 nitrogen and oxygen atoms in total. The number of hydrogen-bond donors (Lipinski definition) is 2. The fourth-order valence-electron chi connectivity index (χ4n) is 2.42. The molecule has 1 aliphatic rings. The predicted octanol–water partition coefficient (Wildman–Crippen LogP) is 3.30. The van der Waals surface area contributed by atoms with E-state index in [4.69, 9.17) is 11.6 Å². The summed E-state index contributed by atoms with van der Waals surface area (Å²) in [6.07, 6.45) is 5.30. The van der Waals surface area contributed by atoms with E-state index in [2.05, 4.69) is 10.6 Å². The molecule has 4 heteroatoms. The monoisotopic (exact) mass is 266 g/mol. The molecule has 0 unspecified atom stereocenters. The minimum absolute atomic E-state index is 0.149. The maximum Gasteiger partial charge on any atom is 0.252 e. The Labute approximate surface area is 113 Å². The van der Waals surface area contributed by atoms with Crippen LogP contribution in [0.3, 0.4) is 0 Å². The van der Waals surface area contributed by atoms with E-state index < -0.39 is 0 Å². The summed E-state index contributed by atoms with van der Waals surface area (Å²) in [5.74, 6) is 0.619. The first-order valence-corrected chi connectivity index (χ1v) is 6.84. The number of benzene rings is 1. The molecule has 1 aromatic rings. The number of rotatable bonds is 4. The molecule has 0 saturated heterocycles. The summed E-state index contributed by atoms with van der Waals surface area (Å²) in [6.45, 7) is 0.981. The number of halogens is 1. The van der Waals surface area contributed by atoms with Crippen LogP contribution in [0.4, 0.5) is 5.69 Å². The van der Waals surface area contributed by atoms with Crippen molar-refractivity contribution in [2.24, 2.45) is 5.92 Å². The quantitative estimate of drug-likeness (QED) is 0.878. The number of anilines is 1. The molecular formula is C14H19ClN2O. The van der Waals surface area contributed by atoms with Crippen molar-refractivity contribution < 1.29 is 4.79 Å². The largest absolute Gasteiger partial charge is 0.385 e. The molecule has 1 aliphatic carbocycles. The standard InChI is InChI=1S/C14H19ClN2O/c1-16-14(18)12-8-11(6-7-13(12)15)17-9-10-4-2-3-5-10/h6-8,10,17H,2-5,9H2,1H3,(H,16,18). The van der Waals surface area contributed by atoms with Gasteiger partial charge in [-0.15, -0.1) is 0 Å². The summed E-state index contributed by atoms with van der Waals surface area (Å²) in [4.78, 5) is 11.6. The van der Waals surface area contributed by atoms with E-state index in [1.807, 2.05) is 12.1 Å². The molecule has 0 aromatic heterocycles. The molecule has 18 heavy (non-hydrogen) atoms. The van der Waals surface area contributed by atoms with Crippen LogP contribution in [0.25, 0.3) is 0 Å². The molecule has 0 heterocycles. The van der Waals surface area contributed by atoms with Gasteiger partial charge < -0.3 is 10.6 Å². The van der Waals surface area contributed by atoms with Crippen LogP contribution in [0.2, 0.25) is 5.02 Å². The van der Waals surface area contributed by atoms with Gasteiger partial charge in [0.15, 0.2) is 0 Å². The second-order valence-corrected chi connectivity index (χ2v) is 5.21. The van der Waals surface area contributed by atoms with E-state index in [-0.39, 0.29) is 5.91 Å². The molecule has 2 N–H and O–H groups in total. The van der Waals surface area contributed by atoms with Gasteiger partial charge in [0.1, 0.15) is 0 Å². The van der Waals surface area contributed by atoms with Gasteiger partial charge in [-0.2, -0.15) is 0 Å². The average molecular weight is 267 g/mol. The Morgan fingerprint density at radius 1 is 1.39 bits per heavy atom. The Balaban J connectivity index is 2.02. The van der Waals surface area contributed by atoms with Gasteiger partial charge in [-0.05, 0) is 37.0 Å². The van der Waals surface area contributed by atoms with E-state index in [0.29, 0.717) is 10.6 Å². The van der Waals surface area contributed by atoms with E-state index in [0.717, 1.165) is 18.2 Å². The molecule has 1 fully saturated rings. The minimum atomic E-state index is -0.149. The van der Waals surface area contributed by atoms with Gasteiger partial charge in [0.05, 0.1) is 10.6 Å². The molecule has 2 rings (SSSR count). The zero-order valence-electron chi connectivity index (χ0n) is 10.6. The molecule has 0 spiro atoms. The Kier molecular flexibility index (Phi) is 4.48. The molecule has 0 bridgehead atoms. The van der Waals surface area contributed by atoms with Gasteiger partial charge in [0, 0.05) is 19.3 Å². The normalized spacial score (nSPS) is 15.7. The van der Waals surface area contributed by atoms with Crippen molar-refractivity contribution in [1.82, 2.24) is 5.32 Å². The number of carbonyl (C=O) groups is 1. The Hall–Kier alpha value is -1.22. The lowest BCUT2D eigenvalue weighted by atomic mass is 10.1. The summed E-state index contributed by atoms with van der Waals surface area (Å²) in [7, 11) is 1.61. The molecule has 0 aliphatic heterocycles. The third-order valence-corrected chi connectivity index (χ3v) is 3.84. The van der Waals surface area contributed by atoms with Gasteiger partial charge in [0.2, 0.25) is 0 Å². The first-order chi connectivity index (χ1) is 8.70. The van der Waals surface area contributed by atoms with E-state index in [1.54, 1.807) is 13.1 Å². The summed E-state index contributed by atoms with van der Waals surface area (Å²) >= 11 is 6.01. The van der Waals surface area contributed by atoms with Gasteiger partial charge in [0.25, 0.3) is 5.91 Å². The fourth-order valence-corrected chi connectivity index (χ4v) is 2.62. The van der Waals surface area contributed by atoms with E-state index in [1.165, 1.54) is 25.7 Å². The number of hydrogen-bond acceptors (Lipinski definition) is 2. The van der Waals surface area contributed by atoms with Crippen molar-refractivity contribution >= 4 is 23.2 Å². The second kappa shape index (κ2) is 6.10. The highest BCUT2D eigenvalue weighted by atomic mass is 35.5. The summed E-state index contributed by atoms with van der Waals surface area (Å²) in [5.41, 5.74) is 1.49. The molecule has 1 saturated carbocycles. The first kappa shape index (κ1) is 13.2. The molecule has 1 aromatic carbocycles. The van der Waals surface area contributed by atoms with Crippen LogP contribution in [-0.2, 0) is 0 Å². The van der Waals surface area contributed by atoms with Crippen LogP contribution < -0.4 is 10.6 Å². The van der Waals surface area contributed by atoms with Crippen molar-refractivity contribution in [3.05, 3.63) is 28.8 Å². The lowest BCUT2D eigenvalue weighted by Crippen LogP contribution is -2.18. The molecular weight excluding hydrogens is 248 g/mol. The first-order valence-electron chi connectivity index (χ1n) is 6.46. The fraction of sp³-hybridized carbons (Fsp3) is 0.500. The van der Waals surface area contributed by atoms with Crippen LogP contribution >= 0.6 is 11.6 Å². The van der Waals surface area contributed by atoms with Crippen LogP contribution in [0.1, 0.15) is 36.0 Å². The third kappa shape index (κ3) is 3.16. The molecule has 0 atom stereocenters. The second-order valence-electron chi connectivity index (χ2n) is 4.81.